The molecule has 6 aromatic rings. The molecule has 37 heavy (non-hydrogen) atoms. The summed E-state index contributed by atoms with van der Waals surface area (Å²) in [4.78, 5) is 4.45. The zero-order chi connectivity index (χ0) is 25.6. The molecule has 6 rings (SSSR count). The van der Waals surface area contributed by atoms with Gasteiger partial charge >= 0.3 is 0 Å². The molecule has 7 nitrogen and oxygen atoms in total. The fraction of sp³-hybridized carbons (Fsp3) is 0.143. The van der Waals surface area contributed by atoms with Gasteiger partial charge in [0.2, 0.25) is 0 Å². The van der Waals surface area contributed by atoms with Crippen molar-refractivity contribution < 1.29 is 13.5 Å². The van der Waals surface area contributed by atoms with Gasteiger partial charge in [0, 0.05) is 36.0 Å². The number of nitrogens with zero attached hydrogens (tertiary/aromatic N) is 6. The molecule has 0 aliphatic heterocycles. The van der Waals surface area contributed by atoms with Gasteiger partial charge in [0.25, 0.3) is 0 Å². The average molecular weight is 497 g/mol. The lowest BCUT2D eigenvalue weighted by Gasteiger charge is -2.20. The van der Waals surface area contributed by atoms with Crippen molar-refractivity contribution in [3.63, 3.8) is 0 Å². The number of hydrogen-bond acceptors (Lipinski definition) is 5. The van der Waals surface area contributed by atoms with E-state index >= 15 is 4.39 Å². The molecule has 1 atom stereocenters. The van der Waals surface area contributed by atoms with Crippen LogP contribution in [0.3, 0.4) is 0 Å². The summed E-state index contributed by atoms with van der Waals surface area (Å²) >= 11 is 0. The number of halogens is 2. The summed E-state index contributed by atoms with van der Waals surface area (Å²) < 4.78 is 40.2. The van der Waals surface area contributed by atoms with Crippen LogP contribution >= 0.6 is 0 Å². The first-order valence-corrected chi connectivity index (χ1v) is 11.7. The average Bonchev–Trinajstić information content (AvgIpc) is 3.54. The molecule has 0 bridgehead atoms. The number of alkyl halides is 1. The van der Waals surface area contributed by atoms with E-state index in [4.69, 9.17) is 4.74 Å². The van der Waals surface area contributed by atoms with Crippen molar-refractivity contribution in [3.8, 4) is 16.9 Å². The fourth-order valence-electron chi connectivity index (χ4n) is 4.35. The summed E-state index contributed by atoms with van der Waals surface area (Å²) in [5.74, 6) is -0.0556. The van der Waals surface area contributed by atoms with E-state index in [1.165, 1.54) is 17.4 Å². The second kappa shape index (κ2) is 8.77. The molecular formula is C28H22F2N6O. The third-order valence-corrected chi connectivity index (χ3v) is 6.36. The highest BCUT2D eigenvalue weighted by Crippen LogP contribution is 2.35. The molecule has 0 fully saturated rings. The highest BCUT2D eigenvalue weighted by atomic mass is 19.1. The van der Waals surface area contributed by atoms with Crippen molar-refractivity contribution in [2.45, 2.75) is 19.2 Å². The van der Waals surface area contributed by atoms with Crippen LogP contribution in [0.1, 0.15) is 23.9 Å². The number of pyridine rings is 2. The van der Waals surface area contributed by atoms with E-state index in [2.05, 4.69) is 20.3 Å². The molecule has 1 unspecified atom stereocenters. The summed E-state index contributed by atoms with van der Waals surface area (Å²) in [5.41, 5.74) is 1.18. The van der Waals surface area contributed by atoms with Crippen LogP contribution in [0.15, 0.2) is 85.5 Å². The van der Waals surface area contributed by atoms with Crippen molar-refractivity contribution in [3.05, 3.63) is 108 Å². The normalized spacial score (nSPS) is 13.2. The van der Waals surface area contributed by atoms with Crippen molar-refractivity contribution in [1.29, 1.82) is 0 Å². The van der Waals surface area contributed by atoms with Gasteiger partial charge in [-0.05, 0) is 42.3 Å². The van der Waals surface area contributed by atoms with Crippen LogP contribution in [-0.2, 0) is 19.3 Å². The first-order chi connectivity index (χ1) is 17.9. The third-order valence-electron chi connectivity index (χ3n) is 6.36. The molecule has 0 spiro atoms. The number of aryl methyl sites for hydroxylation is 1. The monoisotopic (exact) mass is 496 g/mol. The summed E-state index contributed by atoms with van der Waals surface area (Å²) in [7, 11) is 1.77. The minimum Gasteiger partial charge on any atom is -0.487 e. The highest BCUT2D eigenvalue weighted by Gasteiger charge is 2.35. The van der Waals surface area contributed by atoms with Crippen LogP contribution < -0.4 is 4.74 Å². The first kappa shape index (κ1) is 22.8. The molecule has 0 amide bonds. The maximum atomic E-state index is 16.5. The molecule has 9 heteroatoms. The van der Waals surface area contributed by atoms with E-state index in [1.54, 1.807) is 54.7 Å². The maximum absolute atomic E-state index is 16.5. The third kappa shape index (κ3) is 4.18. The van der Waals surface area contributed by atoms with Crippen LogP contribution in [0.25, 0.3) is 27.7 Å². The Hall–Kier alpha value is -4.66. The van der Waals surface area contributed by atoms with E-state index in [-0.39, 0.29) is 11.5 Å². The van der Waals surface area contributed by atoms with E-state index in [1.807, 2.05) is 36.4 Å². The Balaban J connectivity index is 1.37. The summed E-state index contributed by atoms with van der Waals surface area (Å²) in [6, 6.07) is 18.1. The molecule has 184 valence electrons. The van der Waals surface area contributed by atoms with E-state index in [9.17, 15) is 4.39 Å². The topological polar surface area (TPSA) is 70.1 Å². The molecule has 4 heterocycles. The number of fused-ring (bicyclic) bond motifs is 2. The number of rotatable bonds is 6. The Morgan fingerprint density at radius 1 is 0.946 bits per heavy atom. The molecule has 0 aliphatic rings. The SMILES string of the molecule is Cn1cc(-c2cc(F)c3nnc(C(C)(F)c4ccc5ncc(OCc6ccccc6)cc5c4)n3c2)cn1. The molecule has 2 aromatic carbocycles. The molecule has 0 radical (unpaired) electrons. The van der Waals surface area contributed by atoms with Gasteiger partial charge in [-0.15, -0.1) is 10.2 Å². The quantitative estimate of drug-likeness (QED) is 0.299. The maximum Gasteiger partial charge on any atom is 0.197 e. The Bertz CT molecular complexity index is 1740. The molecule has 0 saturated heterocycles. The zero-order valence-electron chi connectivity index (χ0n) is 20.1. The fourth-order valence-corrected chi connectivity index (χ4v) is 4.35. The lowest BCUT2D eigenvalue weighted by Crippen LogP contribution is -2.21. The molecule has 0 N–H and O–H groups in total. The molecular weight excluding hydrogens is 474 g/mol. The Labute approximate surface area is 211 Å². The van der Waals surface area contributed by atoms with E-state index < -0.39 is 11.5 Å². The van der Waals surface area contributed by atoms with Gasteiger partial charge in [0.15, 0.2) is 23.0 Å². The van der Waals surface area contributed by atoms with Gasteiger partial charge in [0.1, 0.15) is 12.4 Å². The summed E-state index contributed by atoms with van der Waals surface area (Å²) in [6.45, 7) is 1.79. The van der Waals surface area contributed by atoms with Gasteiger partial charge in [-0.1, -0.05) is 36.4 Å². The summed E-state index contributed by atoms with van der Waals surface area (Å²) in [5, 5.41) is 12.8. The first-order valence-electron chi connectivity index (χ1n) is 11.7. The molecule has 0 aliphatic carbocycles. The number of aromatic nitrogens is 6. The summed E-state index contributed by atoms with van der Waals surface area (Å²) in [6.07, 6.45) is 6.65. The number of ether oxygens (including phenoxy) is 1. The van der Waals surface area contributed by atoms with Crippen LogP contribution in [0.5, 0.6) is 5.75 Å². The highest BCUT2D eigenvalue weighted by molar-refractivity contribution is 5.81. The molecule has 4 aromatic heterocycles. The van der Waals surface area contributed by atoms with Crippen molar-refractivity contribution in [2.75, 3.05) is 0 Å². The van der Waals surface area contributed by atoms with Gasteiger partial charge in [-0.2, -0.15) is 5.10 Å². The Morgan fingerprint density at radius 3 is 2.57 bits per heavy atom. The Kier molecular flexibility index (Phi) is 5.40. The largest absolute Gasteiger partial charge is 0.487 e. The lowest BCUT2D eigenvalue weighted by atomic mass is 9.95. The number of hydrogen-bond donors (Lipinski definition) is 0. The van der Waals surface area contributed by atoms with E-state index in [0.29, 0.717) is 39.9 Å². The molecule has 0 saturated carbocycles. The van der Waals surface area contributed by atoms with Crippen LogP contribution in [0, 0.1) is 5.82 Å². The van der Waals surface area contributed by atoms with Gasteiger partial charge in [0.05, 0.1) is 17.9 Å². The predicted molar refractivity (Wildman–Crippen MR) is 135 cm³/mol. The van der Waals surface area contributed by atoms with Gasteiger partial charge in [-0.25, -0.2) is 8.78 Å². The van der Waals surface area contributed by atoms with Crippen LogP contribution in [0.2, 0.25) is 0 Å². The van der Waals surface area contributed by atoms with Crippen molar-refractivity contribution in [2.24, 2.45) is 7.05 Å². The second-order valence-corrected chi connectivity index (χ2v) is 9.05. The van der Waals surface area contributed by atoms with Gasteiger partial charge < -0.3 is 4.74 Å². The Morgan fingerprint density at radius 2 is 1.78 bits per heavy atom. The van der Waals surface area contributed by atoms with E-state index in [0.717, 1.165) is 5.56 Å². The second-order valence-electron chi connectivity index (χ2n) is 9.05. The minimum atomic E-state index is -2.07. The standard InChI is InChI=1S/C28H22F2N6O/c1-28(30,27-34-33-26-24(29)12-20(16-36(26)27)21-13-32-35(2)15-21)22-8-9-25-19(10-22)11-23(14-31-25)37-17-18-6-4-3-5-7-18/h3-16H,17H2,1-2H3. The lowest BCUT2D eigenvalue weighted by molar-refractivity contribution is 0.234. The van der Waals surface area contributed by atoms with Crippen molar-refractivity contribution >= 4 is 16.6 Å². The van der Waals surface area contributed by atoms with Crippen LogP contribution in [0.4, 0.5) is 8.78 Å². The minimum absolute atomic E-state index is 0.0315. The van der Waals surface area contributed by atoms with Crippen LogP contribution in [-0.4, -0.2) is 29.4 Å². The van der Waals surface area contributed by atoms with Crippen molar-refractivity contribution in [1.82, 2.24) is 29.4 Å². The zero-order valence-corrected chi connectivity index (χ0v) is 20.1. The number of benzene rings is 2. The smallest absolute Gasteiger partial charge is 0.197 e. The predicted octanol–water partition coefficient (Wildman–Crippen LogP) is 5.63. The van der Waals surface area contributed by atoms with Gasteiger partial charge in [-0.3, -0.25) is 14.1 Å².